The van der Waals surface area contributed by atoms with Gasteiger partial charge in [0.15, 0.2) is 0 Å². The standard InChI is InChI=1S/C26H16Br2N2O3/c27-24-12-18(11-22(15-29)21-8-7-19-3-1-2-4-20(19)14-21)13-25(28)26(24)33-16-17-5-9-23(10-6-17)30(31)32/h1-14H,16H2/b22-11-. The van der Waals surface area contributed by atoms with Crippen molar-refractivity contribution in [3.8, 4) is 11.8 Å². The topological polar surface area (TPSA) is 76.2 Å². The number of hydrogen-bond acceptors (Lipinski definition) is 4. The Morgan fingerprint density at radius 1 is 0.970 bits per heavy atom. The number of ether oxygens (including phenoxy) is 1. The number of nitro groups is 1. The van der Waals surface area contributed by atoms with Crippen LogP contribution >= 0.6 is 31.9 Å². The molecular weight excluding hydrogens is 548 g/mol. The van der Waals surface area contributed by atoms with E-state index in [9.17, 15) is 15.4 Å². The van der Waals surface area contributed by atoms with Crippen molar-refractivity contribution in [2.45, 2.75) is 6.61 Å². The summed E-state index contributed by atoms with van der Waals surface area (Å²) in [7, 11) is 0. The highest BCUT2D eigenvalue weighted by Crippen LogP contribution is 2.36. The molecule has 0 N–H and O–H groups in total. The summed E-state index contributed by atoms with van der Waals surface area (Å²) in [5, 5.41) is 22.8. The van der Waals surface area contributed by atoms with Crippen molar-refractivity contribution in [3.63, 3.8) is 0 Å². The SMILES string of the molecule is N#C/C(=C/c1cc(Br)c(OCc2ccc([N+](=O)[O-])cc2)c(Br)c1)c1ccc2ccccc2c1. The molecule has 0 spiro atoms. The van der Waals surface area contributed by atoms with E-state index in [4.69, 9.17) is 4.74 Å². The van der Waals surface area contributed by atoms with E-state index in [2.05, 4.69) is 37.9 Å². The van der Waals surface area contributed by atoms with Crippen LogP contribution in [0.25, 0.3) is 22.4 Å². The summed E-state index contributed by atoms with van der Waals surface area (Å²) in [6.07, 6.45) is 1.83. The number of nitrogens with zero attached hydrogens (tertiary/aromatic N) is 2. The van der Waals surface area contributed by atoms with E-state index in [0.29, 0.717) is 11.3 Å². The second-order valence-electron chi connectivity index (χ2n) is 7.26. The third-order valence-corrected chi connectivity index (χ3v) is 6.22. The van der Waals surface area contributed by atoms with Gasteiger partial charge in [0.1, 0.15) is 12.4 Å². The Labute approximate surface area is 207 Å². The summed E-state index contributed by atoms with van der Waals surface area (Å²) < 4.78 is 7.37. The van der Waals surface area contributed by atoms with E-state index in [-0.39, 0.29) is 12.3 Å². The Bertz CT molecular complexity index is 1400. The molecular formula is C26H16Br2N2O3. The van der Waals surface area contributed by atoms with E-state index in [1.54, 1.807) is 12.1 Å². The second-order valence-corrected chi connectivity index (χ2v) is 8.97. The molecule has 5 nitrogen and oxygen atoms in total. The molecule has 33 heavy (non-hydrogen) atoms. The molecule has 0 heterocycles. The molecule has 0 aliphatic rings. The summed E-state index contributed by atoms with van der Waals surface area (Å²) in [6, 6.07) is 26.3. The molecule has 0 aromatic heterocycles. The lowest BCUT2D eigenvalue weighted by atomic mass is 10.0. The van der Waals surface area contributed by atoms with Gasteiger partial charge in [-0.05, 0) is 95.7 Å². The van der Waals surface area contributed by atoms with Gasteiger partial charge in [-0.25, -0.2) is 0 Å². The molecule has 0 aliphatic heterocycles. The molecule has 0 radical (unpaired) electrons. The van der Waals surface area contributed by atoms with Gasteiger partial charge in [0.2, 0.25) is 0 Å². The fraction of sp³-hybridized carbons (Fsp3) is 0.0385. The van der Waals surface area contributed by atoms with Crippen molar-refractivity contribution in [1.29, 1.82) is 5.26 Å². The van der Waals surface area contributed by atoms with Crippen LogP contribution in [0.15, 0.2) is 87.8 Å². The lowest BCUT2D eigenvalue weighted by Crippen LogP contribution is -1.98. The lowest BCUT2D eigenvalue weighted by Gasteiger charge is -2.12. The van der Waals surface area contributed by atoms with E-state index in [1.165, 1.54) is 12.1 Å². The van der Waals surface area contributed by atoms with Crippen LogP contribution in [-0.4, -0.2) is 4.92 Å². The van der Waals surface area contributed by atoms with Gasteiger partial charge in [-0.2, -0.15) is 5.26 Å². The summed E-state index contributed by atoms with van der Waals surface area (Å²) in [5.74, 6) is 0.606. The molecule has 0 atom stereocenters. The summed E-state index contributed by atoms with van der Waals surface area (Å²) in [6.45, 7) is 0.255. The van der Waals surface area contributed by atoms with Gasteiger partial charge >= 0.3 is 0 Å². The van der Waals surface area contributed by atoms with Crippen molar-refractivity contribution in [2.75, 3.05) is 0 Å². The first-order chi connectivity index (χ1) is 15.9. The second kappa shape index (κ2) is 9.99. The summed E-state index contributed by atoms with van der Waals surface area (Å²) in [4.78, 5) is 10.4. The third kappa shape index (κ3) is 5.30. The molecule has 4 rings (SSSR count). The zero-order valence-electron chi connectivity index (χ0n) is 17.2. The highest BCUT2D eigenvalue weighted by Gasteiger charge is 2.11. The molecule has 4 aromatic rings. The molecule has 7 heteroatoms. The average Bonchev–Trinajstić information content (AvgIpc) is 2.82. The molecule has 4 aromatic carbocycles. The van der Waals surface area contributed by atoms with Gasteiger partial charge in [-0.15, -0.1) is 0 Å². The zero-order valence-corrected chi connectivity index (χ0v) is 20.3. The number of halogens is 2. The van der Waals surface area contributed by atoms with E-state index < -0.39 is 4.92 Å². The molecule has 162 valence electrons. The number of non-ortho nitro benzene ring substituents is 1. The Balaban J connectivity index is 1.56. The van der Waals surface area contributed by atoms with Crippen molar-refractivity contribution in [2.24, 2.45) is 0 Å². The maximum Gasteiger partial charge on any atom is 0.269 e. The molecule has 0 unspecified atom stereocenters. The van der Waals surface area contributed by atoms with Crippen molar-refractivity contribution in [1.82, 2.24) is 0 Å². The van der Waals surface area contributed by atoms with Crippen LogP contribution in [0.1, 0.15) is 16.7 Å². The van der Waals surface area contributed by atoms with Gasteiger partial charge in [0.05, 0.1) is 25.5 Å². The Hall–Kier alpha value is -3.47. The Morgan fingerprint density at radius 3 is 2.27 bits per heavy atom. The summed E-state index contributed by atoms with van der Waals surface area (Å²) in [5.41, 5.74) is 3.09. The zero-order chi connectivity index (χ0) is 23.4. The predicted octanol–water partition coefficient (Wildman–Crippen LogP) is 7.92. The van der Waals surface area contributed by atoms with Gasteiger partial charge in [0, 0.05) is 12.1 Å². The largest absolute Gasteiger partial charge is 0.487 e. The van der Waals surface area contributed by atoms with Crippen LogP contribution in [0.3, 0.4) is 0 Å². The van der Waals surface area contributed by atoms with Crippen LogP contribution in [0.5, 0.6) is 5.75 Å². The minimum Gasteiger partial charge on any atom is -0.487 e. The molecule has 0 saturated carbocycles. The lowest BCUT2D eigenvalue weighted by molar-refractivity contribution is -0.384. The quantitative estimate of drug-likeness (QED) is 0.103. The van der Waals surface area contributed by atoms with E-state index in [1.807, 2.05) is 60.7 Å². The Morgan fingerprint density at radius 2 is 1.64 bits per heavy atom. The van der Waals surface area contributed by atoms with Gasteiger partial charge in [-0.1, -0.05) is 36.4 Å². The molecule has 0 aliphatic carbocycles. The highest BCUT2D eigenvalue weighted by atomic mass is 79.9. The number of rotatable bonds is 6. The van der Waals surface area contributed by atoms with Gasteiger partial charge in [-0.3, -0.25) is 10.1 Å². The first-order valence-electron chi connectivity index (χ1n) is 9.91. The maximum atomic E-state index is 10.8. The Kier molecular flexibility index (Phi) is 6.87. The number of fused-ring (bicyclic) bond motifs is 1. The third-order valence-electron chi connectivity index (χ3n) is 5.04. The minimum absolute atomic E-state index is 0.0389. The molecule has 0 saturated heterocycles. The predicted molar refractivity (Wildman–Crippen MR) is 137 cm³/mol. The first kappa shape index (κ1) is 22.7. The molecule has 0 fully saturated rings. The monoisotopic (exact) mass is 562 g/mol. The molecule has 0 amide bonds. The van der Waals surface area contributed by atoms with Gasteiger partial charge < -0.3 is 4.74 Å². The average molecular weight is 564 g/mol. The van der Waals surface area contributed by atoms with Crippen molar-refractivity contribution < 1.29 is 9.66 Å². The fourth-order valence-corrected chi connectivity index (χ4v) is 4.82. The summed E-state index contributed by atoms with van der Waals surface area (Å²) >= 11 is 7.09. The van der Waals surface area contributed by atoms with Crippen LogP contribution in [-0.2, 0) is 6.61 Å². The van der Waals surface area contributed by atoms with Crippen molar-refractivity contribution in [3.05, 3.63) is 115 Å². The maximum absolute atomic E-state index is 10.8. The van der Waals surface area contributed by atoms with Crippen LogP contribution in [0.4, 0.5) is 5.69 Å². The molecule has 0 bridgehead atoms. The minimum atomic E-state index is -0.433. The number of nitro benzene ring substituents is 1. The van der Waals surface area contributed by atoms with Crippen LogP contribution < -0.4 is 4.74 Å². The van der Waals surface area contributed by atoms with Crippen LogP contribution in [0.2, 0.25) is 0 Å². The number of nitriles is 1. The smallest absolute Gasteiger partial charge is 0.269 e. The number of allylic oxidation sites excluding steroid dienone is 1. The highest BCUT2D eigenvalue weighted by molar-refractivity contribution is 9.11. The number of hydrogen-bond donors (Lipinski definition) is 0. The van der Waals surface area contributed by atoms with E-state index >= 15 is 0 Å². The first-order valence-corrected chi connectivity index (χ1v) is 11.5. The van der Waals surface area contributed by atoms with Crippen molar-refractivity contribution >= 4 is 60.0 Å². The number of benzene rings is 4. The fourth-order valence-electron chi connectivity index (χ4n) is 3.37. The normalized spacial score (nSPS) is 11.2. The van der Waals surface area contributed by atoms with E-state index in [0.717, 1.165) is 36.4 Å². The van der Waals surface area contributed by atoms with Gasteiger partial charge in [0.25, 0.3) is 5.69 Å². The van der Waals surface area contributed by atoms with Crippen LogP contribution in [0, 0.1) is 21.4 Å².